The molecule has 76 valence electrons. The van der Waals surface area contributed by atoms with Gasteiger partial charge in [-0.1, -0.05) is 0 Å². The maximum Gasteiger partial charge on any atom is 0.267 e. The molecule has 4 N–H and O–H groups in total. The van der Waals surface area contributed by atoms with Gasteiger partial charge in [0.2, 0.25) is 0 Å². The molecule has 1 aromatic rings. The predicted octanol–water partition coefficient (Wildman–Crippen LogP) is 0.436. The second kappa shape index (κ2) is 3.36. The van der Waals surface area contributed by atoms with Crippen molar-refractivity contribution < 1.29 is 0 Å². The lowest BCUT2D eigenvalue weighted by Crippen LogP contribution is -2.32. The van der Waals surface area contributed by atoms with Gasteiger partial charge in [0.15, 0.2) is 0 Å². The molecule has 0 atom stereocenters. The summed E-state index contributed by atoms with van der Waals surface area (Å²) in [4.78, 5) is 17.7. The molecule has 0 saturated heterocycles. The zero-order valence-electron chi connectivity index (χ0n) is 7.51. The van der Waals surface area contributed by atoms with Crippen LogP contribution in [0.5, 0.6) is 0 Å². The van der Waals surface area contributed by atoms with Gasteiger partial charge in [-0.2, -0.15) is 0 Å². The summed E-state index contributed by atoms with van der Waals surface area (Å²) < 4.78 is 0.430. The Bertz CT molecular complexity index is 399. The highest BCUT2D eigenvalue weighted by molar-refractivity contribution is 9.10. The van der Waals surface area contributed by atoms with Gasteiger partial charge < -0.3 is 16.0 Å². The van der Waals surface area contributed by atoms with E-state index in [9.17, 15) is 4.79 Å². The fraction of sp³-hybridized carbons (Fsp3) is 0.500. The Balaban J connectivity index is 2.25. The van der Waals surface area contributed by atoms with Crippen LogP contribution in [0.2, 0.25) is 0 Å². The van der Waals surface area contributed by atoms with Gasteiger partial charge in [-0.05, 0) is 28.8 Å². The topological polar surface area (TPSA) is 83.8 Å². The highest BCUT2D eigenvalue weighted by atomic mass is 79.9. The van der Waals surface area contributed by atoms with Gasteiger partial charge in [-0.3, -0.25) is 4.79 Å². The lowest BCUT2D eigenvalue weighted by atomic mass is 10.3. The summed E-state index contributed by atoms with van der Waals surface area (Å²) in [5, 5.41) is 3.19. The Kier molecular flexibility index (Phi) is 2.32. The Labute approximate surface area is 89.2 Å². The Morgan fingerprint density at radius 3 is 3.00 bits per heavy atom. The summed E-state index contributed by atoms with van der Waals surface area (Å²) in [5.41, 5.74) is 5.39. The minimum Gasteiger partial charge on any atom is -0.362 e. The number of hydrogen-bond acceptors (Lipinski definition) is 4. The van der Waals surface area contributed by atoms with Crippen LogP contribution in [0.4, 0.5) is 5.82 Å². The van der Waals surface area contributed by atoms with E-state index in [4.69, 9.17) is 5.73 Å². The fourth-order valence-corrected chi connectivity index (χ4v) is 1.57. The van der Waals surface area contributed by atoms with Crippen molar-refractivity contribution in [2.24, 2.45) is 5.73 Å². The summed E-state index contributed by atoms with van der Waals surface area (Å²) in [5.74, 6) is 0.566. The lowest BCUT2D eigenvalue weighted by molar-refractivity contribution is 0.734. The van der Waals surface area contributed by atoms with Gasteiger partial charge >= 0.3 is 0 Å². The highest BCUT2D eigenvalue weighted by Gasteiger charge is 2.41. The van der Waals surface area contributed by atoms with E-state index >= 15 is 0 Å². The van der Waals surface area contributed by atoms with Crippen LogP contribution in [0.1, 0.15) is 12.8 Å². The van der Waals surface area contributed by atoms with Crippen LogP contribution < -0.4 is 16.6 Å². The number of nitrogens with one attached hydrogen (secondary N) is 2. The van der Waals surface area contributed by atoms with Crippen LogP contribution in [-0.4, -0.2) is 22.1 Å². The van der Waals surface area contributed by atoms with Crippen molar-refractivity contribution >= 4 is 21.7 Å². The van der Waals surface area contributed by atoms with Gasteiger partial charge in [0, 0.05) is 6.54 Å². The van der Waals surface area contributed by atoms with Crippen LogP contribution >= 0.6 is 15.9 Å². The van der Waals surface area contributed by atoms with Crippen molar-refractivity contribution in [2.45, 2.75) is 18.4 Å². The predicted molar refractivity (Wildman–Crippen MR) is 57.2 cm³/mol. The van der Waals surface area contributed by atoms with E-state index in [1.54, 1.807) is 0 Å². The second-order valence-electron chi connectivity index (χ2n) is 3.50. The number of H-pyrrole nitrogens is 1. The number of rotatable bonds is 3. The largest absolute Gasteiger partial charge is 0.362 e. The first-order valence-corrected chi connectivity index (χ1v) is 5.18. The third-order valence-corrected chi connectivity index (χ3v) is 3.16. The van der Waals surface area contributed by atoms with Crippen LogP contribution in [0, 0.1) is 0 Å². The third kappa shape index (κ3) is 1.67. The molecule has 0 bridgehead atoms. The van der Waals surface area contributed by atoms with Gasteiger partial charge in [-0.25, -0.2) is 4.98 Å². The average Bonchev–Trinajstić information content (AvgIpc) is 2.94. The second-order valence-corrected chi connectivity index (χ2v) is 4.30. The van der Waals surface area contributed by atoms with Gasteiger partial charge in [0.05, 0.1) is 11.9 Å². The molecule has 14 heavy (non-hydrogen) atoms. The van der Waals surface area contributed by atoms with Gasteiger partial charge in [-0.15, -0.1) is 0 Å². The number of hydrogen-bond donors (Lipinski definition) is 3. The van der Waals surface area contributed by atoms with E-state index in [1.165, 1.54) is 6.33 Å². The van der Waals surface area contributed by atoms with Gasteiger partial charge in [0.25, 0.3) is 5.56 Å². The molecule has 0 aromatic carbocycles. The maximum atomic E-state index is 11.2. The molecule has 0 aliphatic heterocycles. The minimum absolute atomic E-state index is 0.0384. The van der Waals surface area contributed by atoms with Gasteiger partial charge in [0.1, 0.15) is 10.3 Å². The van der Waals surface area contributed by atoms with E-state index in [0.717, 1.165) is 12.8 Å². The van der Waals surface area contributed by atoms with Crippen LogP contribution in [0.15, 0.2) is 15.6 Å². The summed E-state index contributed by atoms with van der Waals surface area (Å²) in [6.45, 7) is 0.563. The molecule has 0 spiro atoms. The first-order chi connectivity index (χ1) is 6.67. The van der Waals surface area contributed by atoms with Crippen molar-refractivity contribution in [1.82, 2.24) is 9.97 Å². The van der Waals surface area contributed by atoms with Crippen LogP contribution in [0.25, 0.3) is 0 Å². The monoisotopic (exact) mass is 258 g/mol. The summed E-state index contributed by atoms with van der Waals surface area (Å²) in [6, 6.07) is 0. The molecular weight excluding hydrogens is 248 g/mol. The number of aromatic amines is 1. The van der Waals surface area contributed by atoms with Crippen LogP contribution in [0.3, 0.4) is 0 Å². The highest BCUT2D eigenvalue weighted by Crippen LogP contribution is 2.38. The lowest BCUT2D eigenvalue weighted by Gasteiger charge is -2.15. The molecule has 6 heteroatoms. The van der Waals surface area contributed by atoms with E-state index in [0.29, 0.717) is 16.8 Å². The fourth-order valence-electron chi connectivity index (χ4n) is 1.25. The molecule has 0 amide bonds. The first-order valence-electron chi connectivity index (χ1n) is 4.38. The smallest absolute Gasteiger partial charge is 0.267 e. The summed E-state index contributed by atoms with van der Waals surface area (Å²) >= 11 is 3.18. The maximum absolute atomic E-state index is 11.2. The van der Waals surface area contributed by atoms with E-state index in [1.807, 2.05) is 0 Å². The van der Waals surface area contributed by atoms with Crippen molar-refractivity contribution in [2.75, 3.05) is 11.9 Å². The number of aromatic nitrogens is 2. The Morgan fingerprint density at radius 2 is 2.43 bits per heavy atom. The molecule has 2 rings (SSSR count). The minimum atomic E-state index is -0.185. The SMILES string of the molecule is NCC1(Nc2nc[nH]c(=O)c2Br)CC1. The Morgan fingerprint density at radius 1 is 1.71 bits per heavy atom. The third-order valence-electron chi connectivity index (χ3n) is 2.42. The van der Waals surface area contributed by atoms with Crippen molar-refractivity contribution in [1.29, 1.82) is 0 Å². The molecule has 1 aliphatic carbocycles. The van der Waals surface area contributed by atoms with E-state index < -0.39 is 0 Å². The molecule has 1 heterocycles. The normalized spacial score (nSPS) is 17.9. The van der Waals surface area contributed by atoms with Crippen LogP contribution in [-0.2, 0) is 0 Å². The molecular formula is C8H11BrN4O. The van der Waals surface area contributed by atoms with Crippen molar-refractivity contribution in [3.8, 4) is 0 Å². The molecule has 0 unspecified atom stereocenters. The summed E-state index contributed by atoms with van der Waals surface area (Å²) in [7, 11) is 0. The van der Waals surface area contributed by atoms with E-state index in [-0.39, 0.29) is 11.1 Å². The number of anilines is 1. The molecule has 1 saturated carbocycles. The quantitative estimate of drug-likeness (QED) is 0.735. The zero-order chi connectivity index (χ0) is 10.2. The standard InChI is InChI=1S/C8H11BrN4O/c9-5-6(11-4-12-7(5)14)13-8(3-10)1-2-8/h4H,1-3,10H2,(H2,11,12,13,14). The molecule has 0 radical (unpaired) electrons. The average molecular weight is 259 g/mol. The summed E-state index contributed by atoms with van der Waals surface area (Å²) in [6.07, 6.45) is 3.44. The van der Waals surface area contributed by atoms with Crippen molar-refractivity contribution in [3.63, 3.8) is 0 Å². The number of halogens is 1. The number of nitrogens with zero attached hydrogens (tertiary/aromatic N) is 1. The zero-order valence-corrected chi connectivity index (χ0v) is 9.10. The van der Waals surface area contributed by atoms with E-state index in [2.05, 4.69) is 31.2 Å². The first kappa shape index (κ1) is 9.67. The molecule has 1 aliphatic rings. The Hall–Kier alpha value is -0.880. The van der Waals surface area contributed by atoms with Crippen molar-refractivity contribution in [3.05, 3.63) is 21.2 Å². The molecule has 1 fully saturated rings. The molecule has 5 nitrogen and oxygen atoms in total. The molecule has 1 aromatic heterocycles. The number of nitrogens with two attached hydrogens (primary N) is 1.